The molecule has 0 radical (unpaired) electrons. The zero-order valence-corrected chi connectivity index (χ0v) is 15.9. The number of hydrogen-bond acceptors (Lipinski definition) is 6. The molecule has 5 rings (SSSR count). The van der Waals surface area contributed by atoms with E-state index in [-0.39, 0.29) is 12.2 Å². The minimum Gasteiger partial charge on any atom is -0.364 e. The van der Waals surface area contributed by atoms with Crippen LogP contribution in [0.3, 0.4) is 0 Å². The molecule has 8 heteroatoms. The number of nitrogens with zero attached hydrogens (tertiary/aromatic N) is 7. The molecule has 0 amide bonds. The van der Waals surface area contributed by atoms with Crippen molar-refractivity contribution in [3.05, 3.63) is 73.1 Å². The molecular formula is C21H20N8. The Bertz CT molecular complexity index is 1240. The summed E-state index contributed by atoms with van der Waals surface area (Å²) in [5.41, 5.74) is 4.73. The number of para-hydroxylation sites is 2. The highest BCUT2D eigenvalue weighted by molar-refractivity contribution is 5.74. The maximum Gasteiger partial charge on any atom is 0.125 e. The van der Waals surface area contributed by atoms with Crippen LogP contribution in [-0.2, 0) is 0 Å². The van der Waals surface area contributed by atoms with E-state index >= 15 is 0 Å². The van der Waals surface area contributed by atoms with Crippen LogP contribution in [0.25, 0.3) is 22.1 Å². The Hall–Kier alpha value is -3.81. The number of fused-ring (bicyclic) bond motifs is 2. The summed E-state index contributed by atoms with van der Waals surface area (Å²) in [5, 5.41) is 21.0. The zero-order chi connectivity index (χ0) is 19.6. The van der Waals surface area contributed by atoms with Crippen molar-refractivity contribution in [2.24, 2.45) is 0 Å². The minimum absolute atomic E-state index is 0.0877. The van der Waals surface area contributed by atoms with Crippen molar-refractivity contribution in [3.8, 4) is 0 Å². The molecule has 2 atom stereocenters. The van der Waals surface area contributed by atoms with E-state index in [2.05, 4.69) is 37.8 Å². The lowest BCUT2D eigenvalue weighted by Gasteiger charge is -2.24. The van der Waals surface area contributed by atoms with Gasteiger partial charge in [-0.05, 0) is 43.3 Å². The van der Waals surface area contributed by atoms with E-state index in [9.17, 15) is 0 Å². The van der Waals surface area contributed by atoms with Gasteiger partial charge >= 0.3 is 0 Å². The maximum atomic E-state index is 4.43. The van der Waals surface area contributed by atoms with Crippen molar-refractivity contribution in [3.63, 3.8) is 0 Å². The Morgan fingerprint density at radius 2 is 1.38 bits per heavy atom. The largest absolute Gasteiger partial charge is 0.364 e. The third-order valence-corrected chi connectivity index (χ3v) is 5.05. The van der Waals surface area contributed by atoms with Gasteiger partial charge in [0.2, 0.25) is 0 Å². The summed E-state index contributed by atoms with van der Waals surface area (Å²) < 4.78 is 3.90. The maximum absolute atomic E-state index is 4.43. The summed E-state index contributed by atoms with van der Waals surface area (Å²) in [6.45, 7) is 2.14. The van der Waals surface area contributed by atoms with Gasteiger partial charge in [-0.15, -0.1) is 10.2 Å². The lowest BCUT2D eigenvalue weighted by atomic mass is 10.1. The molecule has 0 fully saturated rings. The molecule has 29 heavy (non-hydrogen) atoms. The standard InChI is InChI=1S/C21H20N8/c1-15(28-19-8-4-2-6-17(19)24-26-28)14-21(23-16-10-12-22-13-11-16)29-20-9-5-3-7-18(20)25-27-29/h2-13,15,21H,14H2,1H3,(H,22,23). The molecule has 3 heterocycles. The van der Waals surface area contributed by atoms with E-state index in [0.29, 0.717) is 0 Å². The molecule has 3 aromatic heterocycles. The van der Waals surface area contributed by atoms with Crippen LogP contribution < -0.4 is 5.32 Å². The van der Waals surface area contributed by atoms with Gasteiger partial charge in [-0.25, -0.2) is 9.36 Å². The van der Waals surface area contributed by atoms with Gasteiger partial charge in [0, 0.05) is 24.5 Å². The average molecular weight is 384 g/mol. The Balaban J connectivity index is 1.51. The summed E-state index contributed by atoms with van der Waals surface area (Å²) >= 11 is 0. The predicted octanol–water partition coefficient (Wildman–Crippen LogP) is 3.83. The van der Waals surface area contributed by atoms with Gasteiger partial charge in [0.25, 0.3) is 0 Å². The van der Waals surface area contributed by atoms with Crippen molar-refractivity contribution in [2.75, 3.05) is 5.32 Å². The van der Waals surface area contributed by atoms with Crippen LogP contribution in [0.15, 0.2) is 73.1 Å². The molecule has 1 N–H and O–H groups in total. The van der Waals surface area contributed by atoms with E-state index in [1.54, 1.807) is 12.4 Å². The summed E-state index contributed by atoms with van der Waals surface area (Å²) in [7, 11) is 0. The zero-order valence-electron chi connectivity index (χ0n) is 15.9. The monoisotopic (exact) mass is 384 g/mol. The summed E-state index contributed by atoms with van der Waals surface area (Å²) in [6, 6.07) is 20.0. The van der Waals surface area contributed by atoms with Crippen molar-refractivity contribution < 1.29 is 0 Å². The summed E-state index contributed by atoms with van der Waals surface area (Å²) in [4.78, 5) is 4.10. The molecule has 0 aliphatic rings. The number of aromatic nitrogens is 7. The van der Waals surface area contributed by atoms with Gasteiger partial charge < -0.3 is 5.32 Å². The summed E-state index contributed by atoms with van der Waals surface area (Å²) in [5.74, 6) is 0. The fourth-order valence-corrected chi connectivity index (χ4v) is 3.61. The SMILES string of the molecule is CC(CC(Nc1ccncc1)n1nnc2ccccc21)n1nnc2ccccc21. The topological polar surface area (TPSA) is 86.3 Å². The molecule has 0 saturated carbocycles. The van der Waals surface area contributed by atoms with Crippen LogP contribution >= 0.6 is 0 Å². The van der Waals surface area contributed by atoms with E-state index in [1.807, 2.05) is 70.0 Å². The highest BCUT2D eigenvalue weighted by Gasteiger charge is 2.21. The first kappa shape index (κ1) is 17.3. The molecule has 0 spiro atoms. The van der Waals surface area contributed by atoms with Crippen molar-refractivity contribution >= 4 is 27.8 Å². The second-order valence-electron chi connectivity index (χ2n) is 7.03. The molecule has 5 aromatic rings. The second-order valence-corrected chi connectivity index (χ2v) is 7.03. The molecule has 2 unspecified atom stereocenters. The van der Waals surface area contributed by atoms with Crippen LogP contribution in [0.1, 0.15) is 25.6 Å². The average Bonchev–Trinajstić information content (AvgIpc) is 3.38. The Morgan fingerprint density at radius 3 is 2.07 bits per heavy atom. The van der Waals surface area contributed by atoms with E-state index in [0.717, 1.165) is 34.2 Å². The molecule has 144 valence electrons. The van der Waals surface area contributed by atoms with Gasteiger partial charge in [-0.1, -0.05) is 34.7 Å². The smallest absolute Gasteiger partial charge is 0.125 e. The fraction of sp³-hybridized carbons (Fsp3) is 0.190. The van der Waals surface area contributed by atoms with Gasteiger partial charge in [-0.3, -0.25) is 4.98 Å². The van der Waals surface area contributed by atoms with Crippen molar-refractivity contribution in [1.82, 2.24) is 35.0 Å². The Kier molecular flexibility index (Phi) is 4.36. The number of hydrogen-bond donors (Lipinski definition) is 1. The van der Waals surface area contributed by atoms with Gasteiger partial charge in [-0.2, -0.15) is 0 Å². The number of anilines is 1. The Labute approximate surface area is 167 Å². The highest BCUT2D eigenvalue weighted by Crippen LogP contribution is 2.27. The second kappa shape index (κ2) is 7.31. The van der Waals surface area contributed by atoms with E-state index < -0.39 is 0 Å². The quantitative estimate of drug-likeness (QED) is 0.479. The fourth-order valence-electron chi connectivity index (χ4n) is 3.61. The van der Waals surface area contributed by atoms with E-state index in [1.165, 1.54) is 0 Å². The molecule has 8 nitrogen and oxygen atoms in total. The van der Waals surface area contributed by atoms with E-state index in [4.69, 9.17) is 0 Å². The first-order valence-electron chi connectivity index (χ1n) is 9.56. The normalized spacial score (nSPS) is 13.6. The van der Waals surface area contributed by atoms with Crippen LogP contribution in [0, 0.1) is 0 Å². The number of benzene rings is 2. The third kappa shape index (κ3) is 3.29. The van der Waals surface area contributed by atoms with Crippen LogP contribution in [-0.4, -0.2) is 35.0 Å². The molecule has 2 aromatic carbocycles. The van der Waals surface area contributed by atoms with Crippen molar-refractivity contribution in [1.29, 1.82) is 0 Å². The highest BCUT2D eigenvalue weighted by atomic mass is 15.5. The molecule has 0 aliphatic carbocycles. The molecular weight excluding hydrogens is 364 g/mol. The summed E-state index contributed by atoms with van der Waals surface area (Å²) in [6.07, 6.45) is 4.16. The van der Waals surface area contributed by atoms with Crippen LogP contribution in [0.2, 0.25) is 0 Å². The first-order chi connectivity index (χ1) is 14.3. The van der Waals surface area contributed by atoms with Crippen molar-refractivity contribution in [2.45, 2.75) is 25.6 Å². The molecule has 0 bridgehead atoms. The molecule has 0 aliphatic heterocycles. The Morgan fingerprint density at radius 1 is 0.793 bits per heavy atom. The predicted molar refractivity (Wildman–Crippen MR) is 111 cm³/mol. The number of rotatable bonds is 6. The van der Waals surface area contributed by atoms with Crippen LogP contribution in [0.5, 0.6) is 0 Å². The van der Waals surface area contributed by atoms with Gasteiger partial charge in [0.05, 0.1) is 17.1 Å². The van der Waals surface area contributed by atoms with Gasteiger partial charge in [0.15, 0.2) is 0 Å². The number of pyridine rings is 1. The van der Waals surface area contributed by atoms with Crippen LogP contribution in [0.4, 0.5) is 5.69 Å². The molecule has 0 saturated heterocycles. The number of nitrogens with one attached hydrogen (secondary N) is 1. The minimum atomic E-state index is -0.122. The first-order valence-corrected chi connectivity index (χ1v) is 9.56. The van der Waals surface area contributed by atoms with Gasteiger partial charge in [0.1, 0.15) is 17.2 Å². The third-order valence-electron chi connectivity index (χ3n) is 5.05. The lowest BCUT2D eigenvalue weighted by molar-refractivity contribution is 0.367. The lowest BCUT2D eigenvalue weighted by Crippen LogP contribution is -2.23.